The van der Waals surface area contributed by atoms with Crippen LogP contribution in [-0.2, 0) is 11.3 Å². The van der Waals surface area contributed by atoms with Crippen LogP contribution in [0.4, 0.5) is 0 Å². The lowest BCUT2D eigenvalue weighted by Crippen LogP contribution is -2.21. The molecule has 0 saturated heterocycles. The fourth-order valence-corrected chi connectivity index (χ4v) is 1.61. The minimum Gasteiger partial charge on any atom is -0.496 e. The fraction of sp³-hybridized carbons (Fsp3) is 0.500. The van der Waals surface area contributed by atoms with Gasteiger partial charge in [0.05, 0.1) is 7.11 Å². The maximum Gasteiger partial charge on any atom is 0.219 e. The summed E-state index contributed by atoms with van der Waals surface area (Å²) in [5, 5.41) is 2.87. The van der Waals surface area contributed by atoms with Gasteiger partial charge in [-0.15, -0.1) is 0 Å². The van der Waals surface area contributed by atoms with E-state index in [2.05, 4.69) is 31.3 Å². The van der Waals surface area contributed by atoms with Gasteiger partial charge in [0.25, 0.3) is 0 Å². The number of amides is 1. The van der Waals surface area contributed by atoms with Gasteiger partial charge in [-0.2, -0.15) is 0 Å². The average Bonchev–Trinajstić information content (AvgIpc) is 2.35. The van der Waals surface area contributed by atoms with Crippen LogP contribution in [0.15, 0.2) is 18.2 Å². The summed E-state index contributed by atoms with van der Waals surface area (Å²) in [4.78, 5) is 11.3. The van der Waals surface area contributed by atoms with Crippen molar-refractivity contribution in [3.05, 3.63) is 29.3 Å². The van der Waals surface area contributed by atoms with Crippen LogP contribution in [0.1, 0.15) is 44.2 Å². The lowest BCUT2D eigenvalue weighted by atomic mass is 10.00. The van der Waals surface area contributed by atoms with Crippen LogP contribution in [0.3, 0.4) is 0 Å². The van der Waals surface area contributed by atoms with Crippen LogP contribution in [0.25, 0.3) is 0 Å². The first kappa shape index (κ1) is 13.6. The minimum absolute atomic E-state index is 0.0574. The lowest BCUT2D eigenvalue weighted by molar-refractivity contribution is -0.120. The van der Waals surface area contributed by atoms with Gasteiger partial charge < -0.3 is 10.1 Å². The highest BCUT2D eigenvalue weighted by Gasteiger charge is 2.07. The summed E-state index contributed by atoms with van der Waals surface area (Å²) in [5.41, 5.74) is 2.28. The molecule has 3 heteroatoms. The largest absolute Gasteiger partial charge is 0.496 e. The van der Waals surface area contributed by atoms with Crippen molar-refractivity contribution in [2.45, 2.75) is 39.7 Å². The number of carbonyl (C=O) groups is 1. The Labute approximate surface area is 103 Å². The number of methoxy groups -OCH3 is 1. The first-order valence-corrected chi connectivity index (χ1v) is 6.02. The van der Waals surface area contributed by atoms with Gasteiger partial charge in [0.1, 0.15) is 5.75 Å². The average molecular weight is 235 g/mol. The van der Waals surface area contributed by atoms with Crippen molar-refractivity contribution in [2.75, 3.05) is 7.11 Å². The molecule has 1 amide bonds. The van der Waals surface area contributed by atoms with Gasteiger partial charge in [-0.05, 0) is 17.5 Å². The molecule has 1 aromatic carbocycles. The zero-order chi connectivity index (χ0) is 12.8. The van der Waals surface area contributed by atoms with Crippen molar-refractivity contribution in [3.63, 3.8) is 0 Å². The summed E-state index contributed by atoms with van der Waals surface area (Å²) < 4.78 is 5.29. The van der Waals surface area contributed by atoms with Gasteiger partial charge in [0.2, 0.25) is 5.91 Å². The smallest absolute Gasteiger partial charge is 0.219 e. The quantitative estimate of drug-likeness (QED) is 0.852. The van der Waals surface area contributed by atoms with E-state index in [-0.39, 0.29) is 5.91 Å². The molecule has 0 unspecified atom stereocenters. The van der Waals surface area contributed by atoms with Gasteiger partial charge in [-0.3, -0.25) is 4.79 Å². The molecule has 3 nitrogen and oxygen atoms in total. The van der Waals surface area contributed by atoms with Crippen LogP contribution < -0.4 is 10.1 Å². The van der Waals surface area contributed by atoms with Crippen molar-refractivity contribution in [1.82, 2.24) is 5.32 Å². The molecule has 0 bridgehead atoms. The monoisotopic (exact) mass is 235 g/mol. The third kappa shape index (κ3) is 3.77. The van der Waals surface area contributed by atoms with Crippen LogP contribution in [-0.4, -0.2) is 13.0 Å². The second-order valence-corrected chi connectivity index (χ2v) is 4.36. The molecular weight excluding hydrogens is 214 g/mol. The topological polar surface area (TPSA) is 38.3 Å². The van der Waals surface area contributed by atoms with Gasteiger partial charge in [0, 0.05) is 18.5 Å². The van der Waals surface area contributed by atoms with E-state index in [9.17, 15) is 4.79 Å². The highest BCUT2D eigenvalue weighted by molar-refractivity contribution is 5.75. The highest BCUT2D eigenvalue weighted by Crippen LogP contribution is 2.23. The van der Waals surface area contributed by atoms with Crippen LogP contribution in [0, 0.1) is 0 Å². The Bertz CT molecular complexity index is 386. The summed E-state index contributed by atoms with van der Waals surface area (Å²) in [6.45, 7) is 6.67. The summed E-state index contributed by atoms with van der Waals surface area (Å²) in [7, 11) is 1.65. The number of hydrogen-bond acceptors (Lipinski definition) is 2. The molecule has 0 fully saturated rings. The highest BCUT2D eigenvalue weighted by atomic mass is 16.5. The van der Waals surface area contributed by atoms with Gasteiger partial charge in [0.15, 0.2) is 0 Å². The van der Waals surface area contributed by atoms with Gasteiger partial charge >= 0.3 is 0 Å². The number of nitrogens with one attached hydrogen (secondary N) is 1. The Morgan fingerprint density at radius 3 is 2.65 bits per heavy atom. The predicted octanol–water partition coefficient (Wildman–Crippen LogP) is 2.84. The van der Waals surface area contributed by atoms with Crippen molar-refractivity contribution >= 4 is 5.91 Å². The number of benzene rings is 1. The van der Waals surface area contributed by atoms with Crippen molar-refractivity contribution in [2.24, 2.45) is 0 Å². The molecule has 0 heterocycles. The van der Waals surface area contributed by atoms with E-state index in [1.165, 1.54) is 5.56 Å². The summed E-state index contributed by atoms with van der Waals surface area (Å²) in [5.74, 6) is 1.36. The Kier molecular flexibility index (Phi) is 5.01. The second kappa shape index (κ2) is 6.28. The van der Waals surface area contributed by atoms with E-state index in [1.807, 2.05) is 13.0 Å². The van der Waals surface area contributed by atoms with Crippen LogP contribution in [0.2, 0.25) is 0 Å². The van der Waals surface area contributed by atoms with Crippen molar-refractivity contribution < 1.29 is 9.53 Å². The van der Waals surface area contributed by atoms with Crippen molar-refractivity contribution in [1.29, 1.82) is 0 Å². The molecule has 0 aliphatic carbocycles. The van der Waals surface area contributed by atoms with E-state index in [0.717, 1.165) is 11.3 Å². The molecular formula is C14H21NO2. The molecule has 0 aromatic heterocycles. The lowest BCUT2D eigenvalue weighted by Gasteiger charge is -2.13. The third-order valence-electron chi connectivity index (χ3n) is 2.77. The predicted molar refractivity (Wildman–Crippen MR) is 69.2 cm³/mol. The second-order valence-electron chi connectivity index (χ2n) is 4.36. The standard InChI is InChI=1S/C14H21NO2/c1-5-14(16)15-9-12-8-11(10(2)3)6-7-13(12)17-4/h6-8,10H,5,9H2,1-4H3,(H,15,16). The molecule has 0 atom stereocenters. The molecule has 94 valence electrons. The summed E-state index contributed by atoms with van der Waals surface area (Å²) >= 11 is 0. The zero-order valence-electron chi connectivity index (χ0n) is 11.0. The van der Waals surface area contributed by atoms with E-state index >= 15 is 0 Å². The molecule has 1 aromatic rings. The fourth-order valence-electron chi connectivity index (χ4n) is 1.61. The number of ether oxygens (including phenoxy) is 1. The maximum atomic E-state index is 11.3. The normalized spacial score (nSPS) is 10.4. The number of carbonyl (C=O) groups excluding carboxylic acids is 1. The SMILES string of the molecule is CCC(=O)NCc1cc(C(C)C)ccc1OC. The van der Waals surface area contributed by atoms with Crippen molar-refractivity contribution in [3.8, 4) is 5.75 Å². The molecule has 0 aliphatic rings. The summed E-state index contributed by atoms with van der Waals surface area (Å²) in [6, 6.07) is 6.12. The Hall–Kier alpha value is -1.51. The first-order chi connectivity index (χ1) is 8.08. The van der Waals surface area contributed by atoms with Gasteiger partial charge in [-0.25, -0.2) is 0 Å². The molecule has 0 saturated carbocycles. The molecule has 1 rings (SSSR count). The van der Waals surface area contributed by atoms with Gasteiger partial charge in [-0.1, -0.05) is 32.9 Å². The Morgan fingerprint density at radius 1 is 1.41 bits per heavy atom. The van der Waals surface area contributed by atoms with Crippen LogP contribution in [0.5, 0.6) is 5.75 Å². The van der Waals surface area contributed by atoms with E-state index in [0.29, 0.717) is 18.9 Å². The third-order valence-corrected chi connectivity index (χ3v) is 2.77. The van der Waals surface area contributed by atoms with E-state index in [4.69, 9.17) is 4.74 Å². The van der Waals surface area contributed by atoms with Crippen LogP contribution >= 0.6 is 0 Å². The van der Waals surface area contributed by atoms with E-state index < -0.39 is 0 Å². The number of rotatable bonds is 5. The summed E-state index contributed by atoms with van der Waals surface area (Å²) in [6.07, 6.45) is 0.506. The number of hydrogen-bond donors (Lipinski definition) is 1. The van der Waals surface area contributed by atoms with E-state index in [1.54, 1.807) is 7.11 Å². The first-order valence-electron chi connectivity index (χ1n) is 6.02. The Morgan fingerprint density at radius 2 is 2.12 bits per heavy atom. The molecule has 0 radical (unpaired) electrons. The molecule has 17 heavy (non-hydrogen) atoms. The zero-order valence-corrected chi connectivity index (χ0v) is 11.0. The molecule has 0 aliphatic heterocycles. The Balaban J connectivity index is 2.86. The minimum atomic E-state index is 0.0574. The molecule has 0 spiro atoms. The molecule has 1 N–H and O–H groups in total. The maximum absolute atomic E-state index is 11.3.